The minimum Gasteiger partial charge on any atom is -0.302 e. The van der Waals surface area contributed by atoms with Gasteiger partial charge < -0.3 is 4.90 Å². The number of carbonyl (C=O) groups excluding carboxylic acids is 1. The molecule has 5 heteroatoms. The van der Waals surface area contributed by atoms with Gasteiger partial charge in [-0.15, -0.1) is 0 Å². The van der Waals surface area contributed by atoms with E-state index in [1.54, 1.807) is 0 Å². The molecule has 0 amide bonds. The lowest BCUT2D eigenvalue weighted by atomic mass is 10.1. The molecule has 1 aromatic carbocycles. The number of ketones is 1. The van der Waals surface area contributed by atoms with E-state index in [1.165, 1.54) is 30.6 Å². The molecular formula is C18H22N2O2S. The van der Waals surface area contributed by atoms with Gasteiger partial charge in [0, 0.05) is 24.6 Å². The monoisotopic (exact) mass is 330 g/mol. The molecule has 0 unspecified atom stereocenters. The molecule has 0 radical (unpaired) electrons. The molecule has 4 rings (SSSR count). The first-order chi connectivity index (χ1) is 11.2. The highest BCUT2D eigenvalue weighted by molar-refractivity contribution is 7.16. The fourth-order valence-corrected chi connectivity index (χ4v) is 4.39. The van der Waals surface area contributed by atoms with Crippen LogP contribution in [-0.4, -0.2) is 34.9 Å². The first-order valence-electron chi connectivity index (χ1n) is 8.62. The third-order valence-corrected chi connectivity index (χ3v) is 5.93. The third kappa shape index (κ3) is 3.12. The van der Waals surface area contributed by atoms with Gasteiger partial charge in [0.1, 0.15) is 0 Å². The second kappa shape index (κ2) is 6.21. The number of carbonyl (C=O) groups is 1. The highest BCUT2D eigenvalue weighted by Gasteiger charge is 2.30. The van der Waals surface area contributed by atoms with E-state index in [0.29, 0.717) is 0 Å². The fraction of sp³-hybridized carbons (Fsp3) is 0.556. The largest absolute Gasteiger partial charge is 0.308 e. The summed E-state index contributed by atoms with van der Waals surface area (Å²) in [6.07, 6.45) is 5.90. The molecule has 1 saturated carbocycles. The summed E-state index contributed by atoms with van der Waals surface area (Å²) in [6, 6.07) is 5.77. The minimum absolute atomic E-state index is 0.0908. The second-order valence-corrected chi connectivity index (χ2v) is 7.74. The van der Waals surface area contributed by atoms with Gasteiger partial charge in [0.25, 0.3) is 0 Å². The average molecular weight is 330 g/mol. The van der Waals surface area contributed by atoms with Gasteiger partial charge in [-0.25, -0.2) is 0 Å². The highest BCUT2D eigenvalue weighted by atomic mass is 32.1. The number of Topliss-reactive ketones (excluding diaryl/α,β-unsaturated/α-hetero) is 1. The fourth-order valence-electron chi connectivity index (χ4n) is 3.44. The number of piperidine rings is 1. The van der Waals surface area contributed by atoms with E-state index >= 15 is 0 Å². The normalized spacial score (nSPS) is 19.3. The zero-order chi connectivity index (χ0) is 15.8. The van der Waals surface area contributed by atoms with Gasteiger partial charge >= 0.3 is 4.87 Å². The molecule has 0 spiro atoms. The van der Waals surface area contributed by atoms with Crippen molar-refractivity contribution in [2.24, 2.45) is 5.92 Å². The summed E-state index contributed by atoms with van der Waals surface area (Å²) in [7, 11) is 0. The van der Waals surface area contributed by atoms with Crippen LogP contribution < -0.4 is 4.87 Å². The van der Waals surface area contributed by atoms with Gasteiger partial charge in [-0.05, 0) is 57.0 Å². The van der Waals surface area contributed by atoms with Gasteiger partial charge in [-0.3, -0.25) is 14.2 Å². The van der Waals surface area contributed by atoms with E-state index in [4.69, 9.17) is 0 Å². The number of hydrogen-bond donors (Lipinski definition) is 0. The molecule has 2 fully saturated rings. The summed E-state index contributed by atoms with van der Waals surface area (Å²) < 4.78 is 2.82. The maximum absolute atomic E-state index is 12.3. The van der Waals surface area contributed by atoms with Crippen LogP contribution in [0, 0.1) is 5.92 Å². The molecule has 122 valence electrons. The molecule has 1 saturated heterocycles. The van der Waals surface area contributed by atoms with Crippen LogP contribution in [-0.2, 0) is 6.54 Å². The van der Waals surface area contributed by atoms with E-state index in [9.17, 15) is 9.59 Å². The van der Waals surface area contributed by atoms with Crippen molar-refractivity contribution in [1.29, 1.82) is 0 Å². The van der Waals surface area contributed by atoms with Crippen LogP contribution in [0.1, 0.15) is 42.5 Å². The Kier molecular flexibility index (Phi) is 4.07. The number of hydrogen-bond acceptors (Lipinski definition) is 4. The van der Waals surface area contributed by atoms with Crippen LogP contribution >= 0.6 is 11.3 Å². The van der Waals surface area contributed by atoms with Crippen molar-refractivity contribution in [3.63, 3.8) is 0 Å². The zero-order valence-corrected chi connectivity index (χ0v) is 14.1. The van der Waals surface area contributed by atoms with Crippen LogP contribution in [0.2, 0.25) is 0 Å². The molecule has 1 aromatic heterocycles. The maximum Gasteiger partial charge on any atom is 0.308 e. The standard InChI is InChI=1S/C18H22N2O2S/c21-17(13-4-5-13)14-6-7-15-16(12-14)23-18(22)20(15)11-10-19-8-2-1-3-9-19/h6-7,12-13H,1-5,8-11H2. The molecular weight excluding hydrogens is 308 g/mol. The topological polar surface area (TPSA) is 42.3 Å². The third-order valence-electron chi connectivity index (χ3n) is 4.99. The van der Waals surface area contributed by atoms with Crippen molar-refractivity contribution in [1.82, 2.24) is 9.47 Å². The molecule has 0 N–H and O–H groups in total. The lowest BCUT2D eigenvalue weighted by Gasteiger charge is -2.26. The number of likely N-dealkylation sites (tertiary alicyclic amines) is 1. The number of thiazole rings is 1. The summed E-state index contributed by atoms with van der Waals surface area (Å²) in [5, 5.41) is 0. The molecule has 2 aliphatic rings. The van der Waals surface area contributed by atoms with Crippen molar-refractivity contribution < 1.29 is 4.79 Å². The highest BCUT2D eigenvalue weighted by Crippen LogP contribution is 2.33. The smallest absolute Gasteiger partial charge is 0.302 e. The number of aromatic nitrogens is 1. The zero-order valence-electron chi connectivity index (χ0n) is 13.3. The number of fused-ring (bicyclic) bond motifs is 1. The Morgan fingerprint density at radius 2 is 1.91 bits per heavy atom. The summed E-state index contributed by atoms with van der Waals surface area (Å²) >= 11 is 1.27. The Labute approximate surface area is 139 Å². The van der Waals surface area contributed by atoms with Gasteiger partial charge in [0.05, 0.1) is 10.2 Å². The predicted octanol–water partition coefficient (Wildman–Crippen LogP) is 3.14. The lowest BCUT2D eigenvalue weighted by Crippen LogP contribution is -2.33. The molecule has 23 heavy (non-hydrogen) atoms. The Hall–Kier alpha value is -1.46. The van der Waals surface area contributed by atoms with E-state index in [2.05, 4.69) is 4.90 Å². The van der Waals surface area contributed by atoms with Crippen molar-refractivity contribution >= 4 is 27.3 Å². The molecule has 0 bridgehead atoms. The maximum atomic E-state index is 12.3. The Balaban J connectivity index is 1.55. The quantitative estimate of drug-likeness (QED) is 0.791. The van der Waals surface area contributed by atoms with E-state index in [1.807, 2.05) is 22.8 Å². The van der Waals surface area contributed by atoms with E-state index in [0.717, 1.165) is 54.8 Å². The number of benzene rings is 1. The molecule has 0 atom stereocenters. The van der Waals surface area contributed by atoms with Gasteiger partial charge in [-0.2, -0.15) is 0 Å². The summed E-state index contributed by atoms with van der Waals surface area (Å²) in [6.45, 7) is 3.98. The van der Waals surface area contributed by atoms with Crippen LogP contribution in [0.25, 0.3) is 10.2 Å². The Morgan fingerprint density at radius 1 is 1.13 bits per heavy atom. The number of nitrogens with zero attached hydrogens (tertiary/aromatic N) is 2. The number of rotatable bonds is 5. The van der Waals surface area contributed by atoms with E-state index < -0.39 is 0 Å². The first kappa shape index (κ1) is 15.1. The Morgan fingerprint density at radius 3 is 2.65 bits per heavy atom. The molecule has 1 aliphatic carbocycles. The Bertz CT molecular complexity index is 782. The van der Waals surface area contributed by atoms with Crippen LogP contribution in [0.5, 0.6) is 0 Å². The second-order valence-electron chi connectivity index (χ2n) is 6.74. The van der Waals surface area contributed by atoms with Crippen molar-refractivity contribution in [3.05, 3.63) is 33.4 Å². The SMILES string of the molecule is O=C(c1ccc2c(c1)sc(=O)n2CCN1CCCCC1)C1CC1. The van der Waals surface area contributed by atoms with Crippen LogP contribution in [0.4, 0.5) is 0 Å². The van der Waals surface area contributed by atoms with Crippen molar-refractivity contribution in [2.45, 2.75) is 38.6 Å². The summed E-state index contributed by atoms with van der Waals surface area (Å²) in [5.41, 5.74) is 1.74. The van der Waals surface area contributed by atoms with E-state index in [-0.39, 0.29) is 16.6 Å². The lowest BCUT2D eigenvalue weighted by molar-refractivity contribution is 0.0968. The van der Waals surface area contributed by atoms with Gasteiger partial charge in [-0.1, -0.05) is 17.8 Å². The van der Waals surface area contributed by atoms with Crippen molar-refractivity contribution in [2.75, 3.05) is 19.6 Å². The average Bonchev–Trinajstić information content (AvgIpc) is 3.37. The predicted molar refractivity (Wildman–Crippen MR) is 93.4 cm³/mol. The van der Waals surface area contributed by atoms with Gasteiger partial charge in [0.2, 0.25) is 0 Å². The first-order valence-corrected chi connectivity index (χ1v) is 9.44. The minimum atomic E-state index is 0.0908. The molecule has 1 aliphatic heterocycles. The van der Waals surface area contributed by atoms with Crippen LogP contribution in [0.3, 0.4) is 0 Å². The van der Waals surface area contributed by atoms with Crippen molar-refractivity contribution in [3.8, 4) is 0 Å². The van der Waals surface area contributed by atoms with Crippen LogP contribution in [0.15, 0.2) is 23.0 Å². The van der Waals surface area contributed by atoms with Gasteiger partial charge in [0.15, 0.2) is 5.78 Å². The summed E-state index contributed by atoms with van der Waals surface area (Å²) in [4.78, 5) is 27.0. The summed E-state index contributed by atoms with van der Waals surface area (Å²) in [5.74, 6) is 0.470. The molecule has 4 nitrogen and oxygen atoms in total. The molecule has 2 aromatic rings. The molecule has 2 heterocycles.